The Balaban J connectivity index is 0.950. The summed E-state index contributed by atoms with van der Waals surface area (Å²) in [5, 5.41) is 5.58. The van der Waals surface area contributed by atoms with Gasteiger partial charge in [-0.2, -0.15) is 0 Å². The van der Waals surface area contributed by atoms with Crippen LogP contribution < -0.4 is 20.1 Å². The van der Waals surface area contributed by atoms with Crippen molar-refractivity contribution in [2.45, 2.75) is 153 Å². The van der Waals surface area contributed by atoms with Crippen LogP contribution in [0.4, 0.5) is 5.69 Å². The molecule has 0 unspecified atom stereocenters. The predicted octanol–water partition coefficient (Wildman–Crippen LogP) is 14.5. The van der Waals surface area contributed by atoms with E-state index in [1.165, 1.54) is 0 Å². The number of hydrogen-bond donors (Lipinski definition) is 1. The molecule has 0 saturated heterocycles. The Bertz CT molecular complexity index is 2940. The maximum Gasteiger partial charge on any atom is 0.339 e. The molecule has 1 aliphatic heterocycles. The maximum atomic E-state index is 15.1. The minimum Gasteiger partial charge on any atom is -0.458 e. The van der Waals surface area contributed by atoms with Crippen LogP contribution in [0.2, 0.25) is 0 Å². The summed E-state index contributed by atoms with van der Waals surface area (Å²) >= 11 is 0. The Morgan fingerprint density at radius 3 is 2.21 bits per heavy atom. The fourth-order valence-electron chi connectivity index (χ4n) is 16.6. The molecule has 1 heterocycles. The molecule has 8 atom stereocenters. The van der Waals surface area contributed by atoms with Crippen molar-refractivity contribution in [2.24, 2.45) is 50.2 Å². The summed E-state index contributed by atoms with van der Waals surface area (Å²) in [4.78, 5) is 32.1. The van der Waals surface area contributed by atoms with Gasteiger partial charge >= 0.3 is 5.97 Å². The standard InChI is InChI=1S/C65H83N3O4/c1-12-67(13-2)44-25-27-48-52(39-44)71-53-40-45(68(14-3)15-4)26-28-49(53)57(48)46-23-19-20-24-47(46)58(69)72-56-32-33-62(9)54(61(56,7)8)31-34-64(11)55(62)30-29-50-51-41-60(5,6)35-37-65(51,38-36-63(50,64)10)59(70)66-42-43-21-17-16-18-22-43/h16-29,39-40,51,54-56H,12-15,30-38,41-42H2,1-11H3/p+1/t51-,54-,55+,56-,62-,63+,64+,65-/m0/s1. The Morgan fingerprint density at radius 1 is 0.750 bits per heavy atom. The van der Waals surface area contributed by atoms with Crippen LogP contribution in [0.3, 0.4) is 0 Å². The molecule has 10 rings (SSSR count). The van der Waals surface area contributed by atoms with Crippen LogP contribution in [0.5, 0.6) is 0 Å². The fourth-order valence-corrected chi connectivity index (χ4v) is 16.6. The topological polar surface area (TPSA) is 74.8 Å². The molecule has 7 heteroatoms. The first-order chi connectivity index (χ1) is 34.4. The van der Waals surface area contributed by atoms with E-state index in [1.807, 2.05) is 24.3 Å². The number of hydrogen-bond acceptors (Lipinski definition) is 5. The molecule has 3 aromatic carbocycles. The van der Waals surface area contributed by atoms with Crippen molar-refractivity contribution >= 4 is 28.5 Å². The van der Waals surface area contributed by atoms with E-state index in [4.69, 9.17) is 9.15 Å². The number of allylic oxidation sites excluding steroid dienone is 2. The highest BCUT2D eigenvalue weighted by atomic mass is 16.5. The van der Waals surface area contributed by atoms with Crippen LogP contribution in [-0.4, -0.2) is 44.2 Å². The van der Waals surface area contributed by atoms with Gasteiger partial charge < -0.3 is 19.4 Å². The van der Waals surface area contributed by atoms with Gasteiger partial charge in [0, 0.05) is 59.4 Å². The van der Waals surface area contributed by atoms with Gasteiger partial charge in [-0.3, -0.25) is 4.79 Å². The Labute approximate surface area is 431 Å². The van der Waals surface area contributed by atoms with Gasteiger partial charge in [0.15, 0.2) is 0 Å². The maximum absolute atomic E-state index is 15.1. The third kappa shape index (κ3) is 7.99. The van der Waals surface area contributed by atoms with Crippen LogP contribution in [0.25, 0.3) is 33.4 Å². The molecule has 7 aliphatic rings. The van der Waals surface area contributed by atoms with E-state index in [9.17, 15) is 4.79 Å². The minimum atomic E-state index is -0.359. The SMILES string of the molecule is CCN(CC)c1ccc2c(-c3ccccc3C(=O)O[C@H]3CC[C@]4(C)[C@H]5CC=C6[C@@H]7CC(C)(C)CC[C@]7(C(=O)NCc7ccccc7)CC[C@@]6(C)[C@]5(C)CC[C@H]4C3(C)C)c3ccc(=[N+](CC)CC)cc-3oc2c1. The largest absolute Gasteiger partial charge is 0.458 e. The first kappa shape index (κ1) is 50.4. The fraction of sp³-hybridized carbons (Fsp3) is 0.554. The molecular weight excluding hydrogens is 887 g/mol. The molecule has 4 saturated carbocycles. The van der Waals surface area contributed by atoms with Crippen LogP contribution in [-0.2, 0) is 16.1 Å². The van der Waals surface area contributed by atoms with E-state index in [2.05, 4.69) is 164 Å². The lowest BCUT2D eigenvalue weighted by Crippen LogP contribution is -2.65. The number of esters is 1. The first-order valence-electron chi connectivity index (χ1n) is 28.0. The Morgan fingerprint density at radius 2 is 1.47 bits per heavy atom. The molecule has 0 aromatic heterocycles. The normalized spacial score (nSPS) is 30.2. The number of nitrogens with one attached hydrogen (secondary N) is 1. The zero-order valence-electron chi connectivity index (χ0n) is 45.7. The predicted molar refractivity (Wildman–Crippen MR) is 295 cm³/mol. The number of amides is 1. The number of carbonyl (C=O) groups is 2. The van der Waals surface area contributed by atoms with E-state index in [-0.39, 0.29) is 56.4 Å². The van der Waals surface area contributed by atoms with E-state index in [0.29, 0.717) is 23.9 Å². The van der Waals surface area contributed by atoms with Gasteiger partial charge in [-0.05, 0) is 167 Å². The molecule has 6 aliphatic carbocycles. The highest BCUT2D eigenvalue weighted by molar-refractivity contribution is 6.08. The average molecular weight is 971 g/mol. The molecule has 1 N–H and O–H groups in total. The van der Waals surface area contributed by atoms with Crippen molar-refractivity contribution in [3.8, 4) is 22.5 Å². The van der Waals surface area contributed by atoms with Gasteiger partial charge in [0.1, 0.15) is 30.5 Å². The number of ether oxygens (including phenoxy) is 1. The van der Waals surface area contributed by atoms with E-state index in [0.717, 1.165) is 140 Å². The second-order valence-corrected chi connectivity index (χ2v) is 25.0. The van der Waals surface area contributed by atoms with E-state index < -0.39 is 0 Å². The van der Waals surface area contributed by atoms with Crippen molar-refractivity contribution in [3.05, 3.63) is 119 Å². The monoisotopic (exact) mass is 971 g/mol. The summed E-state index contributed by atoms with van der Waals surface area (Å²) in [5.41, 5.74) is 7.92. The average Bonchev–Trinajstić information content (AvgIpc) is 3.36. The summed E-state index contributed by atoms with van der Waals surface area (Å²) < 4.78 is 16.1. The molecule has 382 valence electrons. The summed E-state index contributed by atoms with van der Waals surface area (Å²) in [5.74, 6) is 1.97. The van der Waals surface area contributed by atoms with Crippen LogP contribution in [0.1, 0.15) is 156 Å². The number of nitrogens with zero attached hydrogens (tertiary/aromatic N) is 2. The number of rotatable bonds is 11. The van der Waals surface area contributed by atoms with E-state index >= 15 is 4.79 Å². The molecule has 4 fully saturated rings. The summed E-state index contributed by atoms with van der Waals surface area (Å²) in [6, 6.07) is 31.6. The Kier molecular flexibility index (Phi) is 13.0. The number of carbonyl (C=O) groups excluding carboxylic acids is 2. The zero-order chi connectivity index (χ0) is 51.0. The van der Waals surface area contributed by atoms with Crippen molar-refractivity contribution in [1.29, 1.82) is 0 Å². The lowest BCUT2D eigenvalue weighted by Gasteiger charge is -2.71. The molecule has 7 nitrogen and oxygen atoms in total. The van der Waals surface area contributed by atoms with Crippen molar-refractivity contribution < 1.29 is 18.7 Å². The van der Waals surface area contributed by atoms with Gasteiger partial charge in [0.2, 0.25) is 11.3 Å². The highest BCUT2D eigenvalue weighted by Crippen LogP contribution is 2.76. The molecule has 3 aromatic rings. The molecular formula is C65H84N3O4+. The first-order valence-corrected chi connectivity index (χ1v) is 28.0. The molecule has 0 radical (unpaired) electrons. The smallest absolute Gasteiger partial charge is 0.339 e. The van der Waals surface area contributed by atoms with Gasteiger partial charge in [-0.1, -0.05) is 109 Å². The molecule has 0 spiro atoms. The number of fused-ring (bicyclic) bond motifs is 9. The molecule has 0 bridgehead atoms. The lowest BCUT2D eigenvalue weighted by atomic mass is 9.33. The molecule has 72 heavy (non-hydrogen) atoms. The lowest BCUT2D eigenvalue weighted by molar-refractivity contribution is -0.204. The van der Waals surface area contributed by atoms with Crippen LogP contribution in [0, 0.1) is 50.2 Å². The second kappa shape index (κ2) is 18.6. The van der Waals surface area contributed by atoms with Gasteiger partial charge in [0.05, 0.1) is 17.0 Å². The Hall–Kier alpha value is -5.17. The summed E-state index contributed by atoms with van der Waals surface area (Å²) in [6.45, 7) is 30.5. The molecule has 1 amide bonds. The number of anilines is 1. The highest BCUT2D eigenvalue weighted by Gasteiger charge is 2.69. The quantitative estimate of drug-likeness (QED) is 0.0618. The minimum absolute atomic E-state index is 0.0152. The number of benzene rings is 4. The van der Waals surface area contributed by atoms with Crippen molar-refractivity contribution in [2.75, 3.05) is 31.1 Å². The van der Waals surface area contributed by atoms with Crippen LogP contribution in [0.15, 0.2) is 107 Å². The summed E-state index contributed by atoms with van der Waals surface area (Å²) in [7, 11) is 0. The van der Waals surface area contributed by atoms with Gasteiger partial charge in [0.25, 0.3) is 0 Å². The third-order valence-electron chi connectivity index (χ3n) is 20.9. The van der Waals surface area contributed by atoms with Gasteiger partial charge in [-0.25, -0.2) is 9.37 Å². The van der Waals surface area contributed by atoms with Crippen molar-refractivity contribution in [3.63, 3.8) is 0 Å². The van der Waals surface area contributed by atoms with E-state index in [1.54, 1.807) is 5.57 Å². The van der Waals surface area contributed by atoms with Gasteiger partial charge in [-0.15, -0.1) is 0 Å². The summed E-state index contributed by atoms with van der Waals surface area (Å²) in [6.07, 6.45) is 12.8. The third-order valence-corrected chi connectivity index (χ3v) is 20.9. The zero-order valence-corrected chi connectivity index (χ0v) is 45.7. The van der Waals surface area contributed by atoms with Crippen molar-refractivity contribution in [1.82, 2.24) is 9.89 Å². The second-order valence-electron chi connectivity index (χ2n) is 25.0. The van der Waals surface area contributed by atoms with Crippen LogP contribution >= 0.6 is 0 Å².